The molecule has 1 fully saturated rings. The molecule has 1 saturated heterocycles. The molecule has 17 heavy (non-hydrogen) atoms. The standard InChI is InChI=1S/C11H12O5S/c12-11(13)8-1-3-9(4-2-8)16-10-5-6-17(14,15)7-10/h1-4,10H,5-7H2,(H,12,13). The first-order valence-electron chi connectivity index (χ1n) is 5.17. The van der Waals surface area contributed by atoms with Crippen molar-refractivity contribution in [3.63, 3.8) is 0 Å². The number of hydrogen-bond acceptors (Lipinski definition) is 4. The molecule has 1 aliphatic rings. The largest absolute Gasteiger partial charge is 0.489 e. The van der Waals surface area contributed by atoms with Crippen molar-refractivity contribution in [2.24, 2.45) is 0 Å². The Morgan fingerprint density at radius 1 is 1.29 bits per heavy atom. The minimum absolute atomic E-state index is 0.0354. The molecular weight excluding hydrogens is 244 g/mol. The lowest BCUT2D eigenvalue weighted by Gasteiger charge is -2.11. The molecule has 1 aromatic carbocycles. The summed E-state index contributed by atoms with van der Waals surface area (Å²) in [7, 11) is -2.96. The van der Waals surface area contributed by atoms with Gasteiger partial charge in [-0.25, -0.2) is 13.2 Å². The number of hydrogen-bond donors (Lipinski definition) is 1. The normalized spacial score (nSPS) is 22.2. The number of aromatic carboxylic acids is 1. The topological polar surface area (TPSA) is 80.7 Å². The summed E-state index contributed by atoms with van der Waals surface area (Å²) in [6, 6.07) is 5.94. The first-order valence-corrected chi connectivity index (χ1v) is 6.99. The molecular formula is C11H12O5S. The van der Waals surface area contributed by atoms with Crippen LogP contribution in [0.3, 0.4) is 0 Å². The maximum atomic E-state index is 11.2. The van der Waals surface area contributed by atoms with Crippen LogP contribution in [-0.2, 0) is 9.84 Å². The molecule has 0 aromatic heterocycles. The monoisotopic (exact) mass is 256 g/mol. The van der Waals surface area contributed by atoms with Crippen LogP contribution in [-0.4, -0.2) is 37.1 Å². The van der Waals surface area contributed by atoms with Gasteiger partial charge in [-0.15, -0.1) is 0 Å². The third-order valence-corrected chi connectivity index (χ3v) is 4.33. The second-order valence-corrected chi connectivity index (χ2v) is 6.20. The van der Waals surface area contributed by atoms with Gasteiger partial charge in [-0.2, -0.15) is 0 Å². The van der Waals surface area contributed by atoms with Gasteiger partial charge in [0.05, 0.1) is 17.1 Å². The highest BCUT2D eigenvalue weighted by Crippen LogP contribution is 2.20. The first-order chi connectivity index (χ1) is 7.96. The predicted molar refractivity (Wildman–Crippen MR) is 61.1 cm³/mol. The lowest BCUT2D eigenvalue weighted by Crippen LogP contribution is -2.17. The van der Waals surface area contributed by atoms with Crippen LogP contribution in [0.4, 0.5) is 0 Å². The molecule has 0 saturated carbocycles. The molecule has 1 atom stereocenters. The van der Waals surface area contributed by atoms with E-state index in [2.05, 4.69) is 0 Å². The molecule has 1 N–H and O–H groups in total. The van der Waals surface area contributed by atoms with Crippen molar-refractivity contribution in [2.45, 2.75) is 12.5 Å². The number of sulfone groups is 1. The molecule has 0 spiro atoms. The summed E-state index contributed by atoms with van der Waals surface area (Å²) in [5.74, 6) is -0.310. The van der Waals surface area contributed by atoms with E-state index in [1.807, 2.05) is 0 Å². The van der Waals surface area contributed by atoms with E-state index in [4.69, 9.17) is 9.84 Å². The van der Waals surface area contributed by atoms with Crippen molar-refractivity contribution >= 4 is 15.8 Å². The number of rotatable bonds is 3. The van der Waals surface area contributed by atoms with Crippen molar-refractivity contribution < 1.29 is 23.1 Å². The Bertz CT molecular complexity index is 517. The SMILES string of the molecule is O=C(O)c1ccc(OC2CCS(=O)(=O)C2)cc1. The Morgan fingerprint density at radius 3 is 2.41 bits per heavy atom. The van der Waals surface area contributed by atoms with Gasteiger partial charge in [-0.1, -0.05) is 0 Å². The van der Waals surface area contributed by atoms with Crippen LogP contribution in [0.1, 0.15) is 16.8 Å². The van der Waals surface area contributed by atoms with Gasteiger partial charge in [0.1, 0.15) is 11.9 Å². The van der Waals surface area contributed by atoms with Crippen LogP contribution in [0.15, 0.2) is 24.3 Å². The fourth-order valence-electron chi connectivity index (χ4n) is 1.72. The van der Waals surface area contributed by atoms with E-state index in [9.17, 15) is 13.2 Å². The summed E-state index contributed by atoms with van der Waals surface area (Å²) in [5.41, 5.74) is 0.177. The van der Waals surface area contributed by atoms with Gasteiger partial charge in [-0.3, -0.25) is 0 Å². The lowest BCUT2D eigenvalue weighted by molar-refractivity contribution is 0.0697. The van der Waals surface area contributed by atoms with Gasteiger partial charge in [0.2, 0.25) is 0 Å². The maximum absolute atomic E-state index is 11.2. The van der Waals surface area contributed by atoms with Crippen molar-refractivity contribution in [3.05, 3.63) is 29.8 Å². The number of ether oxygens (including phenoxy) is 1. The second-order valence-electron chi connectivity index (χ2n) is 3.97. The van der Waals surface area contributed by atoms with Gasteiger partial charge in [-0.05, 0) is 30.7 Å². The molecule has 0 radical (unpaired) electrons. The number of carbonyl (C=O) groups is 1. The molecule has 2 rings (SSSR count). The molecule has 0 aliphatic carbocycles. The average Bonchev–Trinajstić information content (AvgIpc) is 2.59. The predicted octanol–water partition coefficient (Wildman–Crippen LogP) is 0.951. The average molecular weight is 256 g/mol. The fraction of sp³-hybridized carbons (Fsp3) is 0.364. The molecule has 1 unspecified atom stereocenters. The van der Waals surface area contributed by atoms with Crippen molar-refractivity contribution in [1.29, 1.82) is 0 Å². The molecule has 1 heterocycles. The number of carboxylic acids is 1. The van der Waals surface area contributed by atoms with E-state index in [0.29, 0.717) is 12.2 Å². The Labute approximate surface area is 98.9 Å². The molecule has 1 aromatic rings. The van der Waals surface area contributed by atoms with Crippen molar-refractivity contribution in [2.75, 3.05) is 11.5 Å². The van der Waals surface area contributed by atoms with Gasteiger partial charge >= 0.3 is 5.97 Å². The van der Waals surface area contributed by atoms with E-state index < -0.39 is 15.8 Å². The molecule has 1 aliphatic heterocycles. The third-order valence-electron chi connectivity index (χ3n) is 2.59. The Hall–Kier alpha value is -1.56. The number of benzene rings is 1. The summed E-state index contributed by atoms with van der Waals surface area (Å²) >= 11 is 0. The van der Waals surface area contributed by atoms with E-state index in [1.165, 1.54) is 24.3 Å². The summed E-state index contributed by atoms with van der Waals surface area (Å²) in [6.07, 6.45) is 0.166. The van der Waals surface area contributed by atoms with Crippen molar-refractivity contribution in [3.8, 4) is 5.75 Å². The molecule has 0 amide bonds. The number of carboxylic acid groups (broad SMARTS) is 1. The summed E-state index contributed by atoms with van der Waals surface area (Å²) in [5, 5.41) is 8.71. The summed E-state index contributed by atoms with van der Waals surface area (Å²) in [4.78, 5) is 10.6. The zero-order valence-electron chi connectivity index (χ0n) is 9.00. The van der Waals surface area contributed by atoms with E-state index in [-0.39, 0.29) is 23.2 Å². The highest BCUT2D eigenvalue weighted by atomic mass is 32.2. The molecule has 6 heteroatoms. The van der Waals surface area contributed by atoms with E-state index >= 15 is 0 Å². The second kappa shape index (κ2) is 4.37. The van der Waals surface area contributed by atoms with E-state index in [1.54, 1.807) is 0 Å². The van der Waals surface area contributed by atoms with Crippen LogP contribution in [0.5, 0.6) is 5.75 Å². The zero-order valence-corrected chi connectivity index (χ0v) is 9.81. The van der Waals surface area contributed by atoms with Gasteiger partial charge in [0.15, 0.2) is 9.84 Å². The highest BCUT2D eigenvalue weighted by Gasteiger charge is 2.29. The Morgan fingerprint density at radius 2 is 1.94 bits per heavy atom. The van der Waals surface area contributed by atoms with Crippen LogP contribution in [0.25, 0.3) is 0 Å². The lowest BCUT2D eigenvalue weighted by atomic mass is 10.2. The zero-order chi connectivity index (χ0) is 12.5. The van der Waals surface area contributed by atoms with Gasteiger partial charge < -0.3 is 9.84 Å². The quantitative estimate of drug-likeness (QED) is 0.870. The van der Waals surface area contributed by atoms with Gasteiger partial charge in [0.25, 0.3) is 0 Å². The van der Waals surface area contributed by atoms with E-state index in [0.717, 1.165) is 0 Å². The van der Waals surface area contributed by atoms with Crippen LogP contribution in [0, 0.1) is 0 Å². The van der Waals surface area contributed by atoms with Crippen molar-refractivity contribution in [1.82, 2.24) is 0 Å². The van der Waals surface area contributed by atoms with Crippen LogP contribution < -0.4 is 4.74 Å². The maximum Gasteiger partial charge on any atom is 0.335 e. The minimum Gasteiger partial charge on any atom is -0.489 e. The van der Waals surface area contributed by atoms with Crippen LogP contribution in [0.2, 0.25) is 0 Å². The molecule has 92 valence electrons. The molecule has 5 nitrogen and oxygen atoms in total. The highest BCUT2D eigenvalue weighted by molar-refractivity contribution is 7.91. The van der Waals surface area contributed by atoms with Gasteiger partial charge in [0, 0.05) is 0 Å². The smallest absolute Gasteiger partial charge is 0.335 e. The summed E-state index contributed by atoms with van der Waals surface area (Å²) in [6.45, 7) is 0. The Kier molecular flexibility index (Phi) is 3.06. The molecule has 0 bridgehead atoms. The summed E-state index contributed by atoms with van der Waals surface area (Å²) < 4.78 is 27.9. The third kappa shape index (κ3) is 2.97. The first kappa shape index (κ1) is 11.9. The minimum atomic E-state index is -2.96. The van der Waals surface area contributed by atoms with Crippen LogP contribution >= 0.6 is 0 Å². The Balaban J connectivity index is 2.03. The fourth-order valence-corrected chi connectivity index (χ4v) is 3.31.